The van der Waals surface area contributed by atoms with E-state index in [1.807, 2.05) is 30.8 Å². The molecule has 1 amide bonds. The standard InChI is InChI=1S/C11H20N4O/c1-9(2)10(12)11(16)13-5-3-7-15-8-4-6-14-15/h4,6,8-10H,3,5,7,12H2,1-2H3,(H,13,16). The van der Waals surface area contributed by atoms with E-state index in [0.717, 1.165) is 13.0 Å². The van der Waals surface area contributed by atoms with Crippen LogP contribution in [-0.4, -0.2) is 28.3 Å². The Bertz CT molecular complexity index is 308. The highest BCUT2D eigenvalue weighted by atomic mass is 16.2. The van der Waals surface area contributed by atoms with E-state index in [1.165, 1.54) is 0 Å². The summed E-state index contributed by atoms with van der Waals surface area (Å²) >= 11 is 0. The van der Waals surface area contributed by atoms with Gasteiger partial charge in [0.2, 0.25) is 5.91 Å². The Morgan fingerprint density at radius 2 is 2.31 bits per heavy atom. The van der Waals surface area contributed by atoms with E-state index in [2.05, 4.69) is 10.4 Å². The molecule has 1 aromatic rings. The SMILES string of the molecule is CC(C)C(N)C(=O)NCCCn1cccn1. The summed E-state index contributed by atoms with van der Waals surface area (Å²) < 4.78 is 1.84. The number of nitrogens with zero attached hydrogens (tertiary/aromatic N) is 2. The van der Waals surface area contributed by atoms with E-state index in [9.17, 15) is 4.79 Å². The maximum absolute atomic E-state index is 11.5. The van der Waals surface area contributed by atoms with Crippen LogP contribution in [0, 0.1) is 5.92 Å². The molecule has 1 heterocycles. The predicted molar refractivity (Wildman–Crippen MR) is 62.7 cm³/mol. The van der Waals surface area contributed by atoms with Crippen molar-refractivity contribution in [3.63, 3.8) is 0 Å². The molecule has 1 rings (SSSR count). The van der Waals surface area contributed by atoms with Crippen LogP contribution in [0.25, 0.3) is 0 Å². The fraction of sp³-hybridized carbons (Fsp3) is 0.636. The zero-order valence-electron chi connectivity index (χ0n) is 9.89. The van der Waals surface area contributed by atoms with Gasteiger partial charge in [-0.2, -0.15) is 5.10 Å². The zero-order valence-corrected chi connectivity index (χ0v) is 9.89. The van der Waals surface area contributed by atoms with E-state index >= 15 is 0 Å². The molecule has 0 bridgehead atoms. The summed E-state index contributed by atoms with van der Waals surface area (Å²) in [6.07, 6.45) is 4.51. The Kier molecular flexibility index (Phi) is 4.98. The van der Waals surface area contributed by atoms with Gasteiger partial charge < -0.3 is 11.1 Å². The topological polar surface area (TPSA) is 72.9 Å². The molecule has 0 spiro atoms. The molecule has 16 heavy (non-hydrogen) atoms. The van der Waals surface area contributed by atoms with Crippen molar-refractivity contribution in [2.75, 3.05) is 6.54 Å². The van der Waals surface area contributed by atoms with Crippen LogP contribution >= 0.6 is 0 Å². The Balaban J connectivity index is 2.13. The lowest BCUT2D eigenvalue weighted by Crippen LogP contribution is -2.44. The molecule has 0 aliphatic heterocycles. The van der Waals surface area contributed by atoms with Crippen molar-refractivity contribution in [1.82, 2.24) is 15.1 Å². The van der Waals surface area contributed by atoms with Gasteiger partial charge in [-0.25, -0.2) is 0 Å². The second-order valence-electron chi connectivity index (χ2n) is 4.18. The molecule has 0 radical (unpaired) electrons. The molecule has 0 saturated carbocycles. The fourth-order valence-electron chi connectivity index (χ4n) is 1.31. The van der Waals surface area contributed by atoms with E-state index in [-0.39, 0.29) is 11.8 Å². The van der Waals surface area contributed by atoms with Gasteiger partial charge in [0.1, 0.15) is 0 Å². The first-order valence-electron chi connectivity index (χ1n) is 5.62. The van der Waals surface area contributed by atoms with Crippen molar-refractivity contribution >= 4 is 5.91 Å². The Labute approximate surface area is 96.0 Å². The van der Waals surface area contributed by atoms with Gasteiger partial charge in [0.15, 0.2) is 0 Å². The molecule has 0 fully saturated rings. The van der Waals surface area contributed by atoms with E-state index < -0.39 is 6.04 Å². The van der Waals surface area contributed by atoms with Gasteiger partial charge in [-0.15, -0.1) is 0 Å². The highest BCUT2D eigenvalue weighted by Gasteiger charge is 2.15. The van der Waals surface area contributed by atoms with Crippen LogP contribution in [0.2, 0.25) is 0 Å². The van der Waals surface area contributed by atoms with Crippen LogP contribution in [0.1, 0.15) is 20.3 Å². The summed E-state index contributed by atoms with van der Waals surface area (Å²) in [7, 11) is 0. The molecule has 5 heteroatoms. The first-order chi connectivity index (χ1) is 7.61. The minimum absolute atomic E-state index is 0.0736. The van der Waals surface area contributed by atoms with E-state index in [0.29, 0.717) is 6.54 Å². The second-order valence-corrected chi connectivity index (χ2v) is 4.18. The molecular weight excluding hydrogens is 204 g/mol. The summed E-state index contributed by atoms with van der Waals surface area (Å²) in [5, 5.41) is 6.90. The molecule has 5 nitrogen and oxygen atoms in total. The smallest absolute Gasteiger partial charge is 0.237 e. The molecular formula is C11H20N4O. The predicted octanol–water partition coefficient (Wildman–Crippen LogP) is 0.373. The number of nitrogens with two attached hydrogens (primary N) is 1. The number of carbonyl (C=O) groups excluding carboxylic acids is 1. The van der Waals surface area contributed by atoms with Crippen LogP contribution in [-0.2, 0) is 11.3 Å². The second kappa shape index (κ2) is 6.27. The fourth-order valence-corrected chi connectivity index (χ4v) is 1.31. The third-order valence-electron chi connectivity index (χ3n) is 2.44. The third-order valence-corrected chi connectivity index (χ3v) is 2.44. The van der Waals surface area contributed by atoms with Crippen molar-refractivity contribution in [3.05, 3.63) is 18.5 Å². The zero-order chi connectivity index (χ0) is 12.0. The number of aromatic nitrogens is 2. The third kappa shape index (κ3) is 4.02. The molecule has 1 unspecified atom stereocenters. The Hall–Kier alpha value is -1.36. The first kappa shape index (κ1) is 12.7. The lowest BCUT2D eigenvalue weighted by atomic mass is 10.1. The molecule has 0 aliphatic rings. The van der Waals surface area contributed by atoms with Crippen LogP contribution in [0.4, 0.5) is 0 Å². The monoisotopic (exact) mass is 224 g/mol. The van der Waals surface area contributed by atoms with Gasteiger partial charge in [0, 0.05) is 25.5 Å². The van der Waals surface area contributed by atoms with Crippen molar-refractivity contribution in [2.24, 2.45) is 11.7 Å². The number of aryl methyl sites for hydroxylation is 1. The summed E-state index contributed by atoms with van der Waals surface area (Å²) in [4.78, 5) is 11.5. The average Bonchev–Trinajstić information content (AvgIpc) is 2.75. The minimum atomic E-state index is -0.412. The summed E-state index contributed by atoms with van der Waals surface area (Å²) in [5.74, 6) is 0.0987. The van der Waals surface area contributed by atoms with E-state index in [4.69, 9.17) is 5.73 Å². The first-order valence-corrected chi connectivity index (χ1v) is 5.62. The normalized spacial score (nSPS) is 12.8. The highest BCUT2D eigenvalue weighted by Crippen LogP contribution is 1.97. The summed E-state index contributed by atoms with van der Waals surface area (Å²) in [6, 6.07) is 1.47. The van der Waals surface area contributed by atoms with Crippen LogP contribution < -0.4 is 11.1 Å². The quantitative estimate of drug-likeness (QED) is 0.686. The minimum Gasteiger partial charge on any atom is -0.355 e. The molecule has 0 saturated heterocycles. The van der Waals surface area contributed by atoms with Crippen molar-refractivity contribution in [1.29, 1.82) is 0 Å². The number of hydrogen-bond acceptors (Lipinski definition) is 3. The lowest BCUT2D eigenvalue weighted by molar-refractivity contribution is -0.123. The summed E-state index contributed by atoms with van der Waals surface area (Å²) in [6.45, 7) is 5.32. The molecule has 1 aromatic heterocycles. The van der Waals surface area contributed by atoms with Gasteiger partial charge >= 0.3 is 0 Å². The molecule has 90 valence electrons. The van der Waals surface area contributed by atoms with Gasteiger partial charge in [-0.3, -0.25) is 9.48 Å². The number of rotatable bonds is 6. The Morgan fingerprint density at radius 1 is 1.56 bits per heavy atom. The average molecular weight is 224 g/mol. The Morgan fingerprint density at radius 3 is 2.88 bits per heavy atom. The maximum atomic E-state index is 11.5. The van der Waals surface area contributed by atoms with Crippen molar-refractivity contribution in [3.8, 4) is 0 Å². The van der Waals surface area contributed by atoms with Gasteiger partial charge in [-0.05, 0) is 18.4 Å². The van der Waals surface area contributed by atoms with Crippen molar-refractivity contribution < 1.29 is 4.79 Å². The maximum Gasteiger partial charge on any atom is 0.237 e. The molecule has 3 N–H and O–H groups in total. The molecule has 1 atom stereocenters. The van der Waals surface area contributed by atoms with Gasteiger partial charge in [-0.1, -0.05) is 13.8 Å². The number of nitrogens with one attached hydrogen (secondary N) is 1. The van der Waals surface area contributed by atoms with Crippen LogP contribution in [0.15, 0.2) is 18.5 Å². The molecule has 0 aliphatic carbocycles. The van der Waals surface area contributed by atoms with Gasteiger partial charge in [0.25, 0.3) is 0 Å². The highest BCUT2D eigenvalue weighted by molar-refractivity contribution is 5.81. The molecule has 0 aromatic carbocycles. The lowest BCUT2D eigenvalue weighted by Gasteiger charge is -2.15. The number of carbonyl (C=O) groups is 1. The van der Waals surface area contributed by atoms with Gasteiger partial charge in [0.05, 0.1) is 6.04 Å². The van der Waals surface area contributed by atoms with Crippen LogP contribution in [0.5, 0.6) is 0 Å². The van der Waals surface area contributed by atoms with E-state index in [1.54, 1.807) is 6.20 Å². The summed E-state index contributed by atoms with van der Waals surface area (Å²) in [5.41, 5.74) is 5.71. The number of hydrogen-bond donors (Lipinski definition) is 2. The largest absolute Gasteiger partial charge is 0.355 e. The van der Waals surface area contributed by atoms with Crippen LogP contribution in [0.3, 0.4) is 0 Å². The van der Waals surface area contributed by atoms with Crippen molar-refractivity contribution in [2.45, 2.75) is 32.9 Å². The number of amides is 1.